The van der Waals surface area contributed by atoms with Gasteiger partial charge in [-0.15, -0.1) is 0 Å². The highest BCUT2D eigenvalue weighted by Crippen LogP contribution is 2.33. The number of hydrogen-bond donors (Lipinski definition) is 1. The van der Waals surface area contributed by atoms with Gasteiger partial charge in [0.1, 0.15) is 12.3 Å². The van der Waals surface area contributed by atoms with Crippen molar-refractivity contribution in [2.45, 2.75) is 37.0 Å². The summed E-state index contributed by atoms with van der Waals surface area (Å²) in [4.78, 5) is 15.3. The number of hydrogen-bond acceptors (Lipinski definition) is 4. The van der Waals surface area contributed by atoms with Gasteiger partial charge in [0.2, 0.25) is 0 Å². The summed E-state index contributed by atoms with van der Waals surface area (Å²) < 4.78 is 31.8. The number of carbonyl (C=O) groups is 1. The molecule has 2 fully saturated rings. The van der Waals surface area contributed by atoms with Crippen LogP contribution >= 0.6 is 0 Å². The largest absolute Gasteiger partial charge is 0.493 e. The first kappa shape index (κ1) is 21.0. The van der Waals surface area contributed by atoms with E-state index in [1.54, 1.807) is 24.3 Å². The van der Waals surface area contributed by atoms with E-state index in [0.717, 1.165) is 56.5 Å². The van der Waals surface area contributed by atoms with Crippen molar-refractivity contribution >= 4 is 15.8 Å². The van der Waals surface area contributed by atoms with Crippen molar-refractivity contribution in [2.24, 2.45) is 5.92 Å². The number of nitrogens with zero attached hydrogens (tertiary/aromatic N) is 1. The molecule has 4 rings (SSSR count). The van der Waals surface area contributed by atoms with Crippen LogP contribution in [0.4, 0.5) is 0 Å². The molecule has 0 bridgehead atoms. The maximum Gasteiger partial charge on any atom is 0.282 e. The Hall–Kier alpha value is -2.22. The van der Waals surface area contributed by atoms with Gasteiger partial charge in [0.25, 0.3) is 10.0 Å². The molecule has 160 valence electrons. The van der Waals surface area contributed by atoms with E-state index in [1.165, 1.54) is 0 Å². The average molecular weight is 430 g/mol. The van der Waals surface area contributed by atoms with Crippen molar-refractivity contribution in [1.82, 2.24) is 4.83 Å². The molecule has 1 aliphatic heterocycles. The third-order valence-electron chi connectivity index (χ3n) is 5.88. The molecule has 1 N–H and O–H groups in total. The lowest BCUT2D eigenvalue weighted by molar-refractivity contribution is -0.945. The van der Waals surface area contributed by atoms with E-state index >= 15 is 0 Å². The number of sulfonamides is 1. The molecule has 1 aliphatic carbocycles. The molecule has 1 heterocycles. The molecule has 0 aromatic heterocycles. The maximum atomic E-state index is 12.8. The first-order valence-electron chi connectivity index (χ1n) is 10.7. The Kier molecular flexibility index (Phi) is 6.22. The number of ether oxygens (including phenoxy) is 1. The standard InChI is InChI=1S/C23H29N2O4S/c26-23(19-9-10-19)20-11-13-21(14-12-20)29-18-6-17-25(15-4-5-16-25)24-30(27,28)22-7-2-1-3-8-22/h1-3,7-8,11-14,19,24H,4-6,9-10,15-18H2/q+1. The van der Waals surface area contributed by atoms with E-state index in [0.29, 0.717) is 22.6 Å². The number of quaternary nitrogens is 1. The molecule has 1 saturated carbocycles. The van der Waals surface area contributed by atoms with Crippen LogP contribution in [0.3, 0.4) is 0 Å². The van der Waals surface area contributed by atoms with E-state index in [2.05, 4.69) is 4.83 Å². The molecule has 1 saturated heterocycles. The summed E-state index contributed by atoms with van der Waals surface area (Å²) in [6.07, 6.45) is 4.76. The smallest absolute Gasteiger partial charge is 0.282 e. The number of benzene rings is 2. The van der Waals surface area contributed by atoms with E-state index < -0.39 is 10.0 Å². The van der Waals surface area contributed by atoms with E-state index in [9.17, 15) is 13.2 Å². The molecule has 2 aromatic carbocycles. The summed E-state index contributed by atoms with van der Waals surface area (Å²) in [5.74, 6) is 1.18. The van der Waals surface area contributed by atoms with Crippen LogP contribution in [0.5, 0.6) is 5.75 Å². The number of nitrogens with one attached hydrogen (secondary N) is 1. The maximum absolute atomic E-state index is 12.8. The van der Waals surface area contributed by atoms with E-state index in [-0.39, 0.29) is 11.7 Å². The molecule has 2 aliphatic rings. The quantitative estimate of drug-likeness (QED) is 0.356. The van der Waals surface area contributed by atoms with Crippen LogP contribution in [-0.4, -0.2) is 45.0 Å². The molecular formula is C23H29N2O4S+. The van der Waals surface area contributed by atoms with Gasteiger partial charge in [0.15, 0.2) is 5.78 Å². The van der Waals surface area contributed by atoms with Crippen LogP contribution in [-0.2, 0) is 10.0 Å². The van der Waals surface area contributed by atoms with Gasteiger partial charge >= 0.3 is 0 Å². The Morgan fingerprint density at radius 2 is 1.67 bits per heavy atom. The molecule has 0 amide bonds. The highest BCUT2D eigenvalue weighted by atomic mass is 32.2. The normalized spacial score (nSPS) is 18.3. The number of Topliss-reactive ketones (excluding diaryl/α,β-unsaturated/α-hetero) is 1. The molecule has 0 atom stereocenters. The van der Waals surface area contributed by atoms with Gasteiger partial charge in [0.05, 0.1) is 24.6 Å². The number of ketones is 1. The fraction of sp³-hybridized carbons (Fsp3) is 0.435. The summed E-state index contributed by atoms with van der Waals surface area (Å²) >= 11 is 0. The van der Waals surface area contributed by atoms with E-state index in [1.807, 2.05) is 30.3 Å². The second-order valence-corrected chi connectivity index (χ2v) is 9.96. The van der Waals surface area contributed by atoms with Gasteiger partial charge in [-0.2, -0.15) is 0 Å². The molecule has 0 radical (unpaired) electrons. The van der Waals surface area contributed by atoms with Crippen LogP contribution in [0.25, 0.3) is 0 Å². The first-order chi connectivity index (χ1) is 14.5. The SMILES string of the molecule is O=C(c1ccc(OCCC[N+]2(NS(=O)(=O)c3ccccc3)CCCC2)cc1)C1CC1. The highest BCUT2D eigenvalue weighted by Gasteiger charge is 2.37. The average Bonchev–Trinajstić information content (AvgIpc) is 3.52. The minimum absolute atomic E-state index is 0.219. The van der Waals surface area contributed by atoms with Gasteiger partial charge in [-0.1, -0.05) is 23.0 Å². The summed E-state index contributed by atoms with van der Waals surface area (Å²) in [5, 5.41) is 0. The van der Waals surface area contributed by atoms with Crippen LogP contribution < -0.4 is 9.57 Å². The highest BCUT2D eigenvalue weighted by molar-refractivity contribution is 7.89. The number of likely N-dealkylation sites (tertiary alicyclic amines) is 1. The van der Waals surface area contributed by atoms with Crippen molar-refractivity contribution in [1.29, 1.82) is 0 Å². The zero-order valence-corrected chi connectivity index (χ0v) is 17.9. The monoisotopic (exact) mass is 429 g/mol. The second-order valence-electron chi connectivity index (χ2n) is 8.30. The molecule has 6 nitrogen and oxygen atoms in total. The fourth-order valence-corrected chi connectivity index (χ4v) is 5.47. The van der Waals surface area contributed by atoms with Crippen LogP contribution in [0.15, 0.2) is 59.5 Å². The summed E-state index contributed by atoms with van der Waals surface area (Å²) in [5.41, 5.74) is 0.752. The molecule has 30 heavy (non-hydrogen) atoms. The third-order valence-corrected chi connectivity index (χ3v) is 7.40. The predicted molar refractivity (Wildman–Crippen MR) is 114 cm³/mol. The van der Waals surface area contributed by atoms with Gasteiger partial charge in [0, 0.05) is 30.7 Å². The Bertz CT molecular complexity index is 964. The van der Waals surface area contributed by atoms with Crippen LogP contribution in [0.1, 0.15) is 42.5 Å². The second kappa shape index (κ2) is 8.88. The Balaban J connectivity index is 1.30. The molecule has 7 heteroatoms. The predicted octanol–water partition coefficient (Wildman–Crippen LogP) is 3.55. The molecule has 0 spiro atoms. The van der Waals surface area contributed by atoms with Crippen molar-refractivity contribution in [3.8, 4) is 5.75 Å². The van der Waals surface area contributed by atoms with Gasteiger partial charge in [-0.05, 0) is 49.2 Å². The van der Waals surface area contributed by atoms with Crippen molar-refractivity contribution < 1.29 is 22.5 Å². The summed E-state index contributed by atoms with van der Waals surface area (Å²) in [7, 11) is -3.56. The zero-order valence-electron chi connectivity index (χ0n) is 17.1. The molecular weight excluding hydrogens is 400 g/mol. The topological polar surface area (TPSA) is 72.5 Å². The lowest BCUT2D eigenvalue weighted by Crippen LogP contribution is -2.58. The van der Waals surface area contributed by atoms with E-state index in [4.69, 9.17) is 4.74 Å². The Labute approximate surface area is 178 Å². The van der Waals surface area contributed by atoms with Gasteiger partial charge in [-0.3, -0.25) is 4.79 Å². The fourth-order valence-electron chi connectivity index (χ4n) is 4.06. The van der Waals surface area contributed by atoms with Crippen molar-refractivity contribution in [3.05, 3.63) is 60.2 Å². The first-order valence-corrected chi connectivity index (χ1v) is 12.2. The van der Waals surface area contributed by atoms with Crippen molar-refractivity contribution in [3.63, 3.8) is 0 Å². The lowest BCUT2D eigenvalue weighted by atomic mass is 10.1. The third kappa shape index (κ3) is 5.09. The molecule has 0 unspecified atom stereocenters. The lowest BCUT2D eigenvalue weighted by Gasteiger charge is -2.32. The van der Waals surface area contributed by atoms with Crippen LogP contribution in [0, 0.1) is 5.92 Å². The number of rotatable bonds is 10. The molecule has 2 aromatic rings. The van der Waals surface area contributed by atoms with Crippen molar-refractivity contribution in [2.75, 3.05) is 26.2 Å². The minimum Gasteiger partial charge on any atom is -0.493 e. The van der Waals surface area contributed by atoms with Crippen LogP contribution in [0.2, 0.25) is 0 Å². The summed E-state index contributed by atoms with van der Waals surface area (Å²) in [6, 6.07) is 15.9. The summed E-state index contributed by atoms with van der Waals surface area (Å²) in [6.45, 7) is 2.78. The van der Waals surface area contributed by atoms with Gasteiger partial charge < -0.3 is 4.74 Å². The number of carbonyl (C=O) groups excluding carboxylic acids is 1. The van der Waals surface area contributed by atoms with Gasteiger partial charge in [-0.25, -0.2) is 13.0 Å². The Morgan fingerprint density at radius 1 is 1.00 bits per heavy atom. The zero-order chi connectivity index (χ0) is 21.0. The minimum atomic E-state index is -3.56. The Morgan fingerprint density at radius 3 is 2.30 bits per heavy atom.